The Morgan fingerprint density at radius 2 is 0.891 bits per heavy atom. The van der Waals surface area contributed by atoms with Crippen LogP contribution in [0.25, 0.3) is 66.9 Å². The van der Waals surface area contributed by atoms with Gasteiger partial charge in [0.25, 0.3) is 0 Å². The summed E-state index contributed by atoms with van der Waals surface area (Å²) in [7, 11) is 0. The molecule has 0 bridgehead atoms. The molecule has 8 aromatic carbocycles. The molecule has 256 valence electrons. The van der Waals surface area contributed by atoms with Crippen LogP contribution in [-0.4, -0.2) is 9.97 Å². The molecule has 55 heavy (non-hydrogen) atoms. The molecule has 0 fully saturated rings. The van der Waals surface area contributed by atoms with Crippen LogP contribution in [0.2, 0.25) is 0 Å². The molecule has 3 heteroatoms. The third kappa shape index (κ3) is 5.27. The summed E-state index contributed by atoms with van der Waals surface area (Å²) >= 11 is 0. The van der Waals surface area contributed by atoms with E-state index < -0.39 is 5.41 Å². The van der Waals surface area contributed by atoms with E-state index in [0.29, 0.717) is 11.4 Å². The van der Waals surface area contributed by atoms with Crippen LogP contribution >= 0.6 is 0 Å². The molecule has 1 heterocycles. The van der Waals surface area contributed by atoms with E-state index in [9.17, 15) is 5.26 Å². The predicted octanol–water partition coefficient (Wildman–Crippen LogP) is 12.5. The molecule has 9 aromatic rings. The number of nitriles is 1. The summed E-state index contributed by atoms with van der Waals surface area (Å²) in [5.74, 6) is 0.703. The minimum Gasteiger partial charge on any atom is -0.228 e. The second-order valence-corrected chi connectivity index (χ2v) is 14.0. The third-order valence-electron chi connectivity index (χ3n) is 11.0. The van der Waals surface area contributed by atoms with Gasteiger partial charge >= 0.3 is 0 Å². The minimum absolute atomic E-state index is 0.606. The van der Waals surface area contributed by atoms with Crippen molar-refractivity contribution in [2.24, 2.45) is 0 Å². The van der Waals surface area contributed by atoms with Gasteiger partial charge in [0.1, 0.15) is 0 Å². The second kappa shape index (κ2) is 13.2. The zero-order valence-corrected chi connectivity index (χ0v) is 29.9. The predicted molar refractivity (Wildman–Crippen MR) is 223 cm³/mol. The number of hydrogen-bond acceptors (Lipinski definition) is 3. The van der Waals surface area contributed by atoms with Gasteiger partial charge in [0.05, 0.1) is 28.4 Å². The molecule has 1 atom stereocenters. The number of hydrogen-bond donors (Lipinski definition) is 0. The first-order valence-electron chi connectivity index (χ1n) is 18.6. The first-order chi connectivity index (χ1) is 27.2. The number of nitrogens with zero attached hydrogens (tertiary/aromatic N) is 3. The molecule has 1 aliphatic rings. The molecule has 1 unspecified atom stereocenters. The van der Waals surface area contributed by atoms with Gasteiger partial charge in [-0.05, 0) is 62.0 Å². The highest BCUT2D eigenvalue weighted by Gasteiger charge is 2.47. The van der Waals surface area contributed by atoms with Gasteiger partial charge in [0.15, 0.2) is 5.82 Å². The van der Waals surface area contributed by atoms with Crippen LogP contribution < -0.4 is 0 Å². The van der Waals surface area contributed by atoms with E-state index in [2.05, 4.69) is 164 Å². The lowest BCUT2D eigenvalue weighted by Gasteiger charge is -2.34. The van der Waals surface area contributed by atoms with Gasteiger partial charge in [0.2, 0.25) is 0 Å². The SMILES string of the molecule is N#Cc1cc2c(c3ccccc13)-c1ccccc1C2(c1ccccc1)c1ccc(-c2ccc(-c3cc(-c4ccccc4)nc(-c4ccccc4)n3)cc2)cc1. The van der Waals surface area contributed by atoms with Crippen molar-refractivity contribution in [3.63, 3.8) is 0 Å². The molecule has 0 aliphatic heterocycles. The highest BCUT2D eigenvalue weighted by atomic mass is 14.9. The van der Waals surface area contributed by atoms with E-state index in [4.69, 9.17) is 9.97 Å². The van der Waals surface area contributed by atoms with Crippen molar-refractivity contribution >= 4 is 10.8 Å². The van der Waals surface area contributed by atoms with E-state index >= 15 is 0 Å². The quantitative estimate of drug-likeness (QED) is 0.174. The Hall–Kier alpha value is -7.41. The molecule has 0 saturated heterocycles. The smallest absolute Gasteiger partial charge is 0.160 e. The number of benzene rings is 8. The lowest BCUT2D eigenvalue weighted by Crippen LogP contribution is -2.28. The van der Waals surface area contributed by atoms with Crippen LogP contribution in [0.15, 0.2) is 200 Å². The van der Waals surface area contributed by atoms with Crippen molar-refractivity contribution in [1.29, 1.82) is 5.26 Å². The standard InChI is InChI=1S/C52H33N3/c53-34-40-32-47-50(44-21-11-10-20-43(40)44)45-22-12-13-23-46(45)52(47,41-18-8-3-9-19-41)42-30-28-36(29-31-42)35-24-26-38(27-25-35)49-33-48(37-14-4-1-5-15-37)54-51(55-49)39-16-6-2-7-17-39/h1-33H. The van der Waals surface area contributed by atoms with E-state index in [-0.39, 0.29) is 0 Å². The largest absolute Gasteiger partial charge is 0.228 e. The van der Waals surface area contributed by atoms with Gasteiger partial charge < -0.3 is 0 Å². The summed E-state index contributed by atoms with van der Waals surface area (Å²) in [5.41, 5.74) is 14.3. The van der Waals surface area contributed by atoms with Crippen LogP contribution in [0.5, 0.6) is 0 Å². The summed E-state index contributed by atoms with van der Waals surface area (Å²) < 4.78 is 0. The molecular weight excluding hydrogens is 667 g/mol. The maximum Gasteiger partial charge on any atom is 0.160 e. The maximum absolute atomic E-state index is 10.4. The van der Waals surface area contributed by atoms with Gasteiger partial charge in [-0.15, -0.1) is 0 Å². The fourth-order valence-electron chi connectivity index (χ4n) is 8.52. The van der Waals surface area contributed by atoms with Crippen LogP contribution in [0.1, 0.15) is 27.8 Å². The molecule has 0 amide bonds. The zero-order chi connectivity index (χ0) is 36.8. The lowest BCUT2D eigenvalue weighted by atomic mass is 9.67. The molecule has 1 aromatic heterocycles. The highest BCUT2D eigenvalue weighted by molar-refractivity contribution is 6.06. The van der Waals surface area contributed by atoms with Crippen molar-refractivity contribution in [3.8, 4) is 62.2 Å². The highest BCUT2D eigenvalue weighted by Crippen LogP contribution is 2.58. The minimum atomic E-state index is -0.606. The lowest BCUT2D eigenvalue weighted by molar-refractivity contribution is 0.769. The zero-order valence-electron chi connectivity index (χ0n) is 29.9. The summed E-state index contributed by atoms with van der Waals surface area (Å²) in [6.45, 7) is 0. The van der Waals surface area contributed by atoms with Crippen LogP contribution in [0, 0.1) is 11.3 Å². The normalized spacial score (nSPS) is 14.2. The van der Waals surface area contributed by atoms with Gasteiger partial charge in [-0.3, -0.25) is 0 Å². The van der Waals surface area contributed by atoms with Crippen molar-refractivity contribution in [2.75, 3.05) is 0 Å². The fourth-order valence-corrected chi connectivity index (χ4v) is 8.52. The third-order valence-corrected chi connectivity index (χ3v) is 11.0. The first-order valence-corrected chi connectivity index (χ1v) is 18.6. The number of fused-ring (bicyclic) bond motifs is 5. The monoisotopic (exact) mass is 699 g/mol. The van der Waals surface area contributed by atoms with Crippen LogP contribution in [0.3, 0.4) is 0 Å². The summed E-state index contributed by atoms with van der Waals surface area (Å²) in [6, 6.07) is 72.6. The summed E-state index contributed by atoms with van der Waals surface area (Å²) in [4.78, 5) is 9.99. The maximum atomic E-state index is 10.4. The Kier molecular flexibility index (Phi) is 7.75. The van der Waals surface area contributed by atoms with E-state index in [1.54, 1.807) is 0 Å². The summed E-state index contributed by atoms with van der Waals surface area (Å²) in [5, 5.41) is 12.5. The van der Waals surface area contributed by atoms with Crippen molar-refractivity contribution in [1.82, 2.24) is 9.97 Å². The molecule has 0 spiro atoms. The Morgan fingerprint density at radius 3 is 1.55 bits per heavy atom. The molecule has 1 aliphatic carbocycles. The van der Waals surface area contributed by atoms with Crippen molar-refractivity contribution in [2.45, 2.75) is 5.41 Å². The molecule has 10 rings (SSSR count). The van der Waals surface area contributed by atoms with E-state index in [1.807, 2.05) is 42.5 Å². The number of rotatable bonds is 6. The van der Waals surface area contributed by atoms with Gasteiger partial charge in [-0.25, -0.2) is 9.97 Å². The van der Waals surface area contributed by atoms with Crippen LogP contribution in [0.4, 0.5) is 0 Å². The fraction of sp³-hybridized carbons (Fsp3) is 0.0192. The van der Waals surface area contributed by atoms with Gasteiger partial charge in [-0.1, -0.05) is 188 Å². The van der Waals surface area contributed by atoms with E-state index in [0.717, 1.165) is 61.1 Å². The van der Waals surface area contributed by atoms with Crippen molar-refractivity contribution < 1.29 is 0 Å². The summed E-state index contributed by atoms with van der Waals surface area (Å²) in [6.07, 6.45) is 0. The molecular formula is C52H33N3. The van der Waals surface area contributed by atoms with Crippen molar-refractivity contribution in [3.05, 3.63) is 228 Å². The Bertz CT molecular complexity index is 2840. The molecule has 0 N–H and O–H groups in total. The average Bonchev–Trinajstić information content (AvgIpc) is 3.58. The van der Waals surface area contributed by atoms with E-state index in [1.165, 1.54) is 22.3 Å². The Balaban J connectivity index is 1.08. The molecule has 0 saturated carbocycles. The van der Waals surface area contributed by atoms with Gasteiger partial charge in [0, 0.05) is 22.1 Å². The topological polar surface area (TPSA) is 49.6 Å². The Labute approximate surface area is 320 Å². The average molecular weight is 700 g/mol. The van der Waals surface area contributed by atoms with Crippen LogP contribution in [-0.2, 0) is 5.41 Å². The number of aromatic nitrogens is 2. The Morgan fingerprint density at radius 1 is 0.400 bits per heavy atom. The first kappa shape index (κ1) is 32.3. The molecule has 3 nitrogen and oxygen atoms in total. The van der Waals surface area contributed by atoms with Gasteiger partial charge in [-0.2, -0.15) is 5.26 Å². The molecule has 0 radical (unpaired) electrons. The second-order valence-electron chi connectivity index (χ2n) is 14.0.